The van der Waals surface area contributed by atoms with Crippen LogP contribution >= 0.6 is 0 Å². The van der Waals surface area contributed by atoms with Gasteiger partial charge in [-0.25, -0.2) is 15.8 Å². The molecule has 2 atom stereocenters. The zero-order chi connectivity index (χ0) is 14.3. The van der Waals surface area contributed by atoms with Crippen molar-refractivity contribution in [1.29, 1.82) is 0 Å². The van der Waals surface area contributed by atoms with E-state index in [1.54, 1.807) is 12.3 Å². The summed E-state index contributed by atoms with van der Waals surface area (Å²) in [6, 6.07) is 1.70. The van der Waals surface area contributed by atoms with E-state index in [0.29, 0.717) is 37.2 Å². The Balaban J connectivity index is 2.73. The van der Waals surface area contributed by atoms with Gasteiger partial charge in [0.25, 0.3) is 0 Å². The Morgan fingerprint density at radius 2 is 2.16 bits per heavy atom. The number of aromatic nitrogens is 2. The topological polar surface area (TPSA) is 102 Å². The maximum Gasteiger partial charge on any atom is 0.158 e. The van der Waals surface area contributed by atoms with Crippen molar-refractivity contribution in [3.05, 3.63) is 11.9 Å². The van der Waals surface area contributed by atoms with Crippen LogP contribution in [0.5, 0.6) is 0 Å². The fourth-order valence-corrected chi connectivity index (χ4v) is 1.60. The summed E-state index contributed by atoms with van der Waals surface area (Å²) in [6.45, 7) is 5.31. The molecule has 0 radical (unpaired) electrons. The SMILES string of the molecule is CCOCc1nc(NN)cc(NCC(C)S(C)=O)n1. The lowest BCUT2D eigenvalue weighted by Gasteiger charge is -2.12. The largest absolute Gasteiger partial charge is 0.374 e. The number of nitrogens with one attached hydrogen (secondary N) is 2. The van der Waals surface area contributed by atoms with E-state index in [-0.39, 0.29) is 5.25 Å². The van der Waals surface area contributed by atoms with E-state index in [2.05, 4.69) is 20.7 Å². The lowest BCUT2D eigenvalue weighted by atomic mass is 10.4. The van der Waals surface area contributed by atoms with Crippen molar-refractivity contribution in [2.24, 2.45) is 5.84 Å². The van der Waals surface area contributed by atoms with Crippen molar-refractivity contribution in [2.75, 3.05) is 30.1 Å². The number of nitrogens with two attached hydrogens (primary N) is 1. The number of nitrogen functional groups attached to an aromatic ring is 1. The van der Waals surface area contributed by atoms with Crippen molar-refractivity contribution in [1.82, 2.24) is 9.97 Å². The van der Waals surface area contributed by atoms with Crippen LogP contribution < -0.4 is 16.6 Å². The second kappa shape index (κ2) is 8.03. The molecule has 0 spiro atoms. The van der Waals surface area contributed by atoms with E-state index in [9.17, 15) is 4.21 Å². The van der Waals surface area contributed by atoms with Crippen LogP contribution in [0.25, 0.3) is 0 Å². The third-order valence-electron chi connectivity index (χ3n) is 2.49. The van der Waals surface area contributed by atoms with E-state index in [1.165, 1.54) is 0 Å². The first-order valence-corrected chi connectivity index (χ1v) is 7.67. The molecule has 0 aliphatic rings. The minimum Gasteiger partial charge on any atom is -0.374 e. The number of hydrazine groups is 1. The van der Waals surface area contributed by atoms with Gasteiger partial charge < -0.3 is 15.5 Å². The smallest absolute Gasteiger partial charge is 0.158 e. The van der Waals surface area contributed by atoms with Gasteiger partial charge in [0, 0.05) is 41.5 Å². The van der Waals surface area contributed by atoms with E-state index in [4.69, 9.17) is 10.6 Å². The van der Waals surface area contributed by atoms with Crippen LogP contribution in [0.2, 0.25) is 0 Å². The Hall–Kier alpha value is -1.25. The van der Waals surface area contributed by atoms with Crippen LogP contribution in [0.15, 0.2) is 6.07 Å². The average Bonchev–Trinajstić information content (AvgIpc) is 2.42. The van der Waals surface area contributed by atoms with Gasteiger partial charge in [-0.3, -0.25) is 4.21 Å². The lowest BCUT2D eigenvalue weighted by Crippen LogP contribution is -2.22. The molecular weight excluding hydrogens is 266 g/mol. The van der Waals surface area contributed by atoms with Crippen molar-refractivity contribution in [3.63, 3.8) is 0 Å². The maximum atomic E-state index is 11.3. The van der Waals surface area contributed by atoms with Gasteiger partial charge >= 0.3 is 0 Å². The molecule has 1 aromatic rings. The fraction of sp³-hybridized carbons (Fsp3) is 0.636. The van der Waals surface area contributed by atoms with Crippen LogP contribution in [0.1, 0.15) is 19.7 Å². The second-order valence-electron chi connectivity index (χ2n) is 4.03. The molecular formula is C11H21N5O2S. The highest BCUT2D eigenvalue weighted by molar-refractivity contribution is 7.84. The predicted octanol–water partition coefficient (Wildman–Crippen LogP) is 0.478. The molecule has 0 aliphatic heterocycles. The van der Waals surface area contributed by atoms with E-state index in [0.717, 1.165) is 0 Å². The average molecular weight is 287 g/mol. The number of rotatable bonds is 8. The predicted molar refractivity (Wildman–Crippen MR) is 77.2 cm³/mol. The van der Waals surface area contributed by atoms with Crippen LogP contribution in [0, 0.1) is 0 Å². The normalized spacial score (nSPS) is 13.9. The summed E-state index contributed by atoms with van der Waals surface area (Å²) in [7, 11) is -0.872. The summed E-state index contributed by atoms with van der Waals surface area (Å²) in [5, 5.41) is 3.16. The summed E-state index contributed by atoms with van der Waals surface area (Å²) in [5.74, 6) is 7.06. The fourth-order valence-electron chi connectivity index (χ4n) is 1.29. The molecule has 0 amide bonds. The molecule has 0 saturated carbocycles. The molecule has 0 fully saturated rings. The first kappa shape index (κ1) is 15.8. The molecule has 2 unspecified atom stereocenters. The van der Waals surface area contributed by atoms with Gasteiger partial charge in [0.05, 0.1) is 0 Å². The molecule has 7 nitrogen and oxygen atoms in total. The van der Waals surface area contributed by atoms with Crippen molar-refractivity contribution in [3.8, 4) is 0 Å². The summed E-state index contributed by atoms with van der Waals surface area (Å²) in [6.07, 6.45) is 1.68. The first-order chi connectivity index (χ1) is 9.06. The first-order valence-electron chi connectivity index (χ1n) is 6.05. The molecule has 1 heterocycles. The standard InChI is InChI=1S/C11H21N5O2S/c1-4-18-7-11-14-9(5-10(15-11)16-12)13-6-8(2)19(3)17/h5,8H,4,6-7,12H2,1-3H3,(H2,13,14,15,16). The molecule has 1 rings (SSSR count). The highest BCUT2D eigenvalue weighted by Gasteiger charge is 2.08. The Kier molecular flexibility index (Phi) is 6.68. The quantitative estimate of drug-likeness (QED) is 0.472. The van der Waals surface area contributed by atoms with Gasteiger partial charge in [-0.2, -0.15) is 0 Å². The van der Waals surface area contributed by atoms with Gasteiger partial charge in [0.15, 0.2) is 5.82 Å². The monoisotopic (exact) mass is 287 g/mol. The van der Waals surface area contributed by atoms with Crippen LogP contribution in [-0.2, 0) is 22.1 Å². The molecule has 0 saturated heterocycles. The molecule has 8 heteroatoms. The van der Waals surface area contributed by atoms with Crippen molar-refractivity contribution < 1.29 is 8.95 Å². The summed E-state index contributed by atoms with van der Waals surface area (Å²) >= 11 is 0. The summed E-state index contributed by atoms with van der Waals surface area (Å²) < 4.78 is 16.6. The van der Waals surface area contributed by atoms with Crippen molar-refractivity contribution >= 4 is 22.4 Å². The van der Waals surface area contributed by atoms with Gasteiger partial charge in [-0.15, -0.1) is 0 Å². The molecule has 0 bridgehead atoms. The molecule has 4 N–H and O–H groups in total. The van der Waals surface area contributed by atoms with Crippen molar-refractivity contribution in [2.45, 2.75) is 25.7 Å². The third-order valence-corrected chi connectivity index (χ3v) is 3.79. The highest BCUT2D eigenvalue weighted by Crippen LogP contribution is 2.11. The summed E-state index contributed by atoms with van der Waals surface area (Å²) in [5.41, 5.74) is 2.49. The summed E-state index contributed by atoms with van der Waals surface area (Å²) in [4.78, 5) is 8.49. The third kappa shape index (κ3) is 5.50. The molecule has 1 aromatic heterocycles. The zero-order valence-corrected chi connectivity index (χ0v) is 12.3. The van der Waals surface area contributed by atoms with E-state index >= 15 is 0 Å². The molecule has 0 aliphatic carbocycles. The van der Waals surface area contributed by atoms with Gasteiger partial charge in [-0.05, 0) is 13.8 Å². The van der Waals surface area contributed by atoms with E-state index < -0.39 is 10.8 Å². The van der Waals surface area contributed by atoms with Crippen LogP contribution in [-0.4, -0.2) is 38.8 Å². The number of hydrogen-bond acceptors (Lipinski definition) is 7. The van der Waals surface area contributed by atoms with Gasteiger partial charge in [-0.1, -0.05) is 0 Å². The van der Waals surface area contributed by atoms with Gasteiger partial charge in [0.1, 0.15) is 18.2 Å². The van der Waals surface area contributed by atoms with Gasteiger partial charge in [0.2, 0.25) is 0 Å². The molecule has 19 heavy (non-hydrogen) atoms. The zero-order valence-electron chi connectivity index (χ0n) is 11.5. The Morgan fingerprint density at radius 3 is 2.74 bits per heavy atom. The maximum absolute atomic E-state index is 11.3. The van der Waals surface area contributed by atoms with Crippen LogP contribution in [0.3, 0.4) is 0 Å². The number of anilines is 2. The molecule has 108 valence electrons. The number of ether oxygens (including phenoxy) is 1. The Morgan fingerprint density at radius 1 is 1.47 bits per heavy atom. The van der Waals surface area contributed by atoms with E-state index in [1.807, 2.05) is 13.8 Å². The Labute approximate surface area is 115 Å². The molecule has 0 aromatic carbocycles. The number of hydrogen-bond donors (Lipinski definition) is 3. The second-order valence-corrected chi connectivity index (χ2v) is 5.83. The Bertz CT molecular complexity index is 430. The minimum absolute atomic E-state index is 0.0413. The lowest BCUT2D eigenvalue weighted by molar-refractivity contribution is 0.128. The number of nitrogens with zero attached hydrogens (tertiary/aromatic N) is 2. The minimum atomic E-state index is -0.872. The van der Waals surface area contributed by atoms with Crippen LogP contribution in [0.4, 0.5) is 11.6 Å². The highest BCUT2D eigenvalue weighted by atomic mass is 32.2.